The molecule has 0 fully saturated rings. The van der Waals surface area contributed by atoms with Gasteiger partial charge in [0, 0.05) is 12.8 Å². The van der Waals surface area contributed by atoms with Crippen LogP contribution in [-0.4, -0.2) is 82.3 Å². The number of carboxylic acids is 1. The number of quaternary nitrogens is 1. The quantitative estimate of drug-likeness (QED) is 0.0195. The number of allylic oxidation sites excluding steroid dienone is 14. The second-order valence-corrected chi connectivity index (χ2v) is 27.3. The summed E-state index contributed by atoms with van der Waals surface area (Å²) in [6.45, 7) is 4.68. The topological polar surface area (TPSA) is 111 Å². The molecule has 0 heterocycles. The summed E-state index contributed by atoms with van der Waals surface area (Å²) < 4.78 is 22.9. The van der Waals surface area contributed by atoms with E-state index >= 15 is 0 Å². The number of esters is 2. The fraction of sp³-hybridized carbons (Fsp3) is 0.793. The van der Waals surface area contributed by atoms with Crippen molar-refractivity contribution in [3.05, 3.63) is 85.1 Å². The average Bonchev–Trinajstić information content (AvgIpc) is 3.65. The van der Waals surface area contributed by atoms with Crippen LogP contribution >= 0.6 is 0 Å². The van der Waals surface area contributed by atoms with Crippen LogP contribution in [0.25, 0.3) is 0 Å². The molecule has 0 rings (SSSR count). The van der Waals surface area contributed by atoms with Crippen molar-refractivity contribution in [1.29, 1.82) is 0 Å². The maximum absolute atomic E-state index is 13.0. The first-order chi connectivity index (χ1) is 44.6. The number of aliphatic carboxylic acids is 1. The number of likely N-dealkylation sites (N-methyl/N-ethyl adjacent to an activating group) is 1. The predicted molar refractivity (Wildman–Crippen MR) is 389 cm³/mol. The lowest BCUT2D eigenvalue weighted by atomic mass is 10.0. The molecule has 0 spiro atoms. The van der Waals surface area contributed by atoms with Crippen molar-refractivity contribution in [3.8, 4) is 0 Å². The van der Waals surface area contributed by atoms with Crippen molar-refractivity contribution in [2.75, 3.05) is 47.5 Å². The third kappa shape index (κ3) is 73.7. The van der Waals surface area contributed by atoms with E-state index in [-0.39, 0.29) is 32.2 Å². The molecule has 0 aromatic heterocycles. The number of unbranched alkanes of at least 4 members (excludes halogenated alkanes) is 43. The number of ether oxygens (including phenoxy) is 4. The van der Waals surface area contributed by atoms with Crippen LogP contribution in [0.5, 0.6) is 0 Å². The summed E-state index contributed by atoms with van der Waals surface area (Å²) in [7, 11) is 5.94. The molecule has 9 heteroatoms. The molecule has 0 aromatic rings. The molecule has 2 unspecified atom stereocenters. The SMILES string of the molecule is CC/C=C\C/C=C\C/C=C\C/C=C\C/C=C\C/C=C\CCCCCCCCCCCCCCC(=O)OC(COC(=O)CCCCCCCCCCCCCCCCCCCCCCCCC/C=C\CCCCCCCCCC)COC(OCC[N+](C)(C)C)C(=O)[O-]. The summed E-state index contributed by atoms with van der Waals surface area (Å²) in [5.41, 5.74) is 0. The van der Waals surface area contributed by atoms with Crippen LogP contribution in [0, 0.1) is 0 Å². The summed E-state index contributed by atoms with van der Waals surface area (Å²) in [6, 6.07) is 0. The van der Waals surface area contributed by atoms with Crippen molar-refractivity contribution in [1.82, 2.24) is 0 Å². The molecule has 0 aliphatic heterocycles. The minimum Gasteiger partial charge on any atom is -0.545 e. The Morgan fingerprint density at radius 1 is 0.341 bits per heavy atom. The van der Waals surface area contributed by atoms with Crippen LogP contribution in [0.2, 0.25) is 0 Å². The molecule has 0 radical (unpaired) electrons. The fourth-order valence-electron chi connectivity index (χ4n) is 11.2. The summed E-state index contributed by atoms with van der Waals surface area (Å²) in [6.07, 6.45) is 95.5. The average molecular weight is 1280 g/mol. The van der Waals surface area contributed by atoms with Gasteiger partial charge in [-0.05, 0) is 89.9 Å². The molecule has 0 aliphatic carbocycles. The number of carbonyl (C=O) groups is 3. The van der Waals surface area contributed by atoms with E-state index in [1.165, 1.54) is 250 Å². The Bertz CT molecular complexity index is 1770. The second kappa shape index (κ2) is 72.3. The van der Waals surface area contributed by atoms with E-state index < -0.39 is 24.3 Å². The van der Waals surface area contributed by atoms with Crippen molar-refractivity contribution in [2.45, 2.75) is 373 Å². The van der Waals surface area contributed by atoms with Gasteiger partial charge >= 0.3 is 11.9 Å². The number of hydrogen-bond acceptors (Lipinski definition) is 8. The van der Waals surface area contributed by atoms with Gasteiger partial charge in [-0.3, -0.25) is 9.59 Å². The molecule has 0 aromatic carbocycles. The molecule has 9 nitrogen and oxygen atoms in total. The third-order valence-corrected chi connectivity index (χ3v) is 17.1. The van der Waals surface area contributed by atoms with E-state index in [9.17, 15) is 19.5 Å². The fourth-order valence-corrected chi connectivity index (χ4v) is 11.2. The summed E-state index contributed by atoms with van der Waals surface area (Å²) in [4.78, 5) is 37.6. The normalized spacial score (nSPS) is 13.1. The zero-order chi connectivity index (χ0) is 66.1. The molecule has 0 saturated carbocycles. The van der Waals surface area contributed by atoms with Crippen molar-refractivity contribution in [3.63, 3.8) is 0 Å². The van der Waals surface area contributed by atoms with Crippen LogP contribution in [0.1, 0.15) is 361 Å². The van der Waals surface area contributed by atoms with Gasteiger partial charge in [0.1, 0.15) is 13.2 Å². The Morgan fingerprint density at radius 3 is 0.945 bits per heavy atom. The monoisotopic (exact) mass is 1270 g/mol. The maximum Gasteiger partial charge on any atom is 0.306 e. The lowest BCUT2D eigenvalue weighted by Gasteiger charge is -2.26. The van der Waals surface area contributed by atoms with Gasteiger partial charge < -0.3 is 33.3 Å². The Hall–Kier alpha value is -3.53. The molecule has 0 N–H and O–H groups in total. The van der Waals surface area contributed by atoms with Crippen LogP contribution in [-0.2, 0) is 33.3 Å². The van der Waals surface area contributed by atoms with Gasteiger partial charge in [0.25, 0.3) is 0 Å². The zero-order valence-electron chi connectivity index (χ0n) is 60.5. The molecule has 0 saturated heterocycles. The molecule has 0 bridgehead atoms. The Morgan fingerprint density at radius 2 is 0.626 bits per heavy atom. The van der Waals surface area contributed by atoms with Crippen molar-refractivity contribution in [2.24, 2.45) is 0 Å². The van der Waals surface area contributed by atoms with Crippen LogP contribution in [0.15, 0.2) is 85.1 Å². The predicted octanol–water partition coefficient (Wildman–Crippen LogP) is 23.3. The van der Waals surface area contributed by atoms with Crippen LogP contribution in [0.3, 0.4) is 0 Å². The molecule has 91 heavy (non-hydrogen) atoms. The second-order valence-electron chi connectivity index (χ2n) is 27.3. The van der Waals surface area contributed by atoms with Crippen LogP contribution in [0.4, 0.5) is 0 Å². The van der Waals surface area contributed by atoms with Crippen molar-refractivity contribution < 1.29 is 42.9 Å². The highest BCUT2D eigenvalue weighted by molar-refractivity contribution is 5.70. The first-order valence-corrected chi connectivity index (χ1v) is 38.7. The summed E-state index contributed by atoms with van der Waals surface area (Å²) in [5, 5.41) is 11.9. The van der Waals surface area contributed by atoms with Gasteiger partial charge in [-0.15, -0.1) is 0 Å². The number of carbonyl (C=O) groups excluding carboxylic acids is 3. The van der Waals surface area contributed by atoms with Gasteiger partial charge in [0.2, 0.25) is 0 Å². The summed E-state index contributed by atoms with van der Waals surface area (Å²) in [5.74, 6) is -2.27. The molecular weight excluding hydrogens is 1130 g/mol. The lowest BCUT2D eigenvalue weighted by molar-refractivity contribution is -0.870. The highest BCUT2D eigenvalue weighted by atomic mass is 16.7. The van der Waals surface area contributed by atoms with E-state index in [4.69, 9.17) is 18.9 Å². The van der Waals surface area contributed by atoms with E-state index in [0.717, 1.165) is 77.0 Å². The zero-order valence-corrected chi connectivity index (χ0v) is 60.5. The number of rotatable bonds is 72. The Kier molecular flexibility index (Phi) is 69.5. The van der Waals surface area contributed by atoms with E-state index in [2.05, 4.69) is 98.9 Å². The highest BCUT2D eigenvalue weighted by Gasteiger charge is 2.22. The first-order valence-electron chi connectivity index (χ1n) is 38.7. The smallest absolute Gasteiger partial charge is 0.306 e. The maximum atomic E-state index is 13.0. The number of nitrogens with zero attached hydrogens (tertiary/aromatic N) is 1. The molecule has 0 amide bonds. The van der Waals surface area contributed by atoms with Gasteiger partial charge in [-0.2, -0.15) is 0 Å². The van der Waals surface area contributed by atoms with Gasteiger partial charge in [0.15, 0.2) is 12.4 Å². The molecule has 528 valence electrons. The summed E-state index contributed by atoms with van der Waals surface area (Å²) >= 11 is 0. The Balaban J connectivity index is 4.03. The Labute approximate surface area is 563 Å². The van der Waals surface area contributed by atoms with E-state index in [0.29, 0.717) is 23.9 Å². The lowest BCUT2D eigenvalue weighted by Crippen LogP contribution is -2.44. The molecule has 0 aliphatic rings. The third-order valence-electron chi connectivity index (χ3n) is 17.1. The van der Waals surface area contributed by atoms with Crippen molar-refractivity contribution >= 4 is 17.9 Å². The number of hydrogen-bond donors (Lipinski definition) is 0. The number of carboxylic acid groups (broad SMARTS) is 1. The van der Waals surface area contributed by atoms with Gasteiger partial charge in [-0.1, -0.05) is 343 Å². The highest BCUT2D eigenvalue weighted by Crippen LogP contribution is 2.19. The van der Waals surface area contributed by atoms with Gasteiger partial charge in [-0.25, -0.2) is 0 Å². The molecular formula is C82H147NO8. The minimum absolute atomic E-state index is 0.146. The largest absolute Gasteiger partial charge is 0.545 e. The standard InChI is InChI=1S/C82H147NO8/c1-6-8-10-12-14-16-18-20-22-24-26-28-30-32-34-36-38-39-40-41-43-44-46-48-50-52-54-56-58-60-62-64-66-68-70-72-79(84)89-76-78(77-90-82(81(86)87)88-75-74-83(3,4)5)91-80(85)73-71-69-67-65-63-61-59-57-55-53-51-49-47-45-42-37-35-33-31-29-27-25-23-21-19-17-15-13-11-9-7-2/h9,11,15,17,21,23-24,26-27,29,33,35,42,45,78,82H,6-8,10,12-14,16,18-20,22,25,28,30-32,34,36-41,43-44,46-77H2,1-5H3/b11-9-,17-15-,23-21-,26-24-,29-27-,35-33-,45-42-. The minimum atomic E-state index is -1.63. The molecule has 2 atom stereocenters. The van der Waals surface area contributed by atoms with Crippen LogP contribution < -0.4 is 5.11 Å². The van der Waals surface area contributed by atoms with Gasteiger partial charge in [0.05, 0.1) is 40.3 Å². The van der Waals surface area contributed by atoms with E-state index in [1.807, 2.05) is 21.1 Å². The van der Waals surface area contributed by atoms with E-state index in [1.54, 1.807) is 0 Å². The first kappa shape index (κ1) is 87.5.